The lowest BCUT2D eigenvalue weighted by atomic mass is 10.0. The van der Waals surface area contributed by atoms with Gasteiger partial charge in [-0.05, 0) is 23.8 Å². The molecule has 0 amide bonds. The average Bonchev–Trinajstić information content (AvgIpc) is 2.71. The molecule has 1 atom stereocenters. The number of aliphatic hydroxyl groups is 1. The molecular weight excluding hydrogens is 305 g/mol. The molecule has 17 heavy (non-hydrogen) atoms. The molecule has 0 aliphatic carbocycles. The molecule has 1 aliphatic rings. The number of hydrogen-bond donors (Lipinski definition) is 2. The minimum Gasteiger partial charge on any atom is -0.386 e. The first-order valence-electron chi connectivity index (χ1n) is 5.54. The predicted octanol–water partition coefficient (Wildman–Crippen LogP) is 2.34. The SMILES string of the molecule is OC1(CNCc2cc(Cl)ccc2Br)CCOC1. The molecule has 0 spiro atoms. The van der Waals surface area contributed by atoms with Gasteiger partial charge in [-0.25, -0.2) is 0 Å². The number of nitrogens with one attached hydrogen (secondary N) is 1. The van der Waals surface area contributed by atoms with Crippen LogP contribution in [0.15, 0.2) is 22.7 Å². The summed E-state index contributed by atoms with van der Waals surface area (Å²) in [5.74, 6) is 0. The molecule has 2 rings (SSSR count). The van der Waals surface area contributed by atoms with Crippen molar-refractivity contribution in [3.8, 4) is 0 Å². The van der Waals surface area contributed by atoms with E-state index < -0.39 is 5.60 Å². The van der Waals surface area contributed by atoms with Gasteiger partial charge in [0.25, 0.3) is 0 Å². The van der Waals surface area contributed by atoms with Crippen LogP contribution in [0.25, 0.3) is 0 Å². The van der Waals surface area contributed by atoms with Gasteiger partial charge in [-0.1, -0.05) is 27.5 Å². The monoisotopic (exact) mass is 319 g/mol. The van der Waals surface area contributed by atoms with Crippen LogP contribution in [0.3, 0.4) is 0 Å². The number of ether oxygens (including phenoxy) is 1. The number of hydrogen-bond acceptors (Lipinski definition) is 3. The summed E-state index contributed by atoms with van der Waals surface area (Å²) in [7, 11) is 0. The first-order chi connectivity index (χ1) is 8.09. The van der Waals surface area contributed by atoms with Crippen LogP contribution < -0.4 is 5.32 Å². The average molecular weight is 321 g/mol. The molecule has 5 heteroatoms. The third-order valence-corrected chi connectivity index (χ3v) is 3.87. The summed E-state index contributed by atoms with van der Waals surface area (Å²) in [6.07, 6.45) is 0.691. The maximum atomic E-state index is 10.1. The van der Waals surface area contributed by atoms with Gasteiger partial charge in [0.2, 0.25) is 0 Å². The fraction of sp³-hybridized carbons (Fsp3) is 0.500. The summed E-state index contributed by atoms with van der Waals surface area (Å²) < 4.78 is 6.20. The lowest BCUT2D eigenvalue weighted by Crippen LogP contribution is -2.40. The molecule has 1 aromatic carbocycles. The minimum absolute atomic E-state index is 0.413. The van der Waals surface area contributed by atoms with Gasteiger partial charge >= 0.3 is 0 Å². The van der Waals surface area contributed by atoms with Crippen LogP contribution in [0.1, 0.15) is 12.0 Å². The summed E-state index contributed by atoms with van der Waals surface area (Å²) in [5, 5.41) is 14.0. The first-order valence-corrected chi connectivity index (χ1v) is 6.71. The maximum absolute atomic E-state index is 10.1. The number of rotatable bonds is 4. The van der Waals surface area contributed by atoms with E-state index in [2.05, 4.69) is 21.2 Å². The molecule has 1 heterocycles. The van der Waals surface area contributed by atoms with E-state index in [-0.39, 0.29) is 0 Å². The van der Waals surface area contributed by atoms with Gasteiger partial charge in [0, 0.05) is 35.6 Å². The van der Waals surface area contributed by atoms with Crippen LogP contribution in [0.5, 0.6) is 0 Å². The Morgan fingerprint density at radius 3 is 3.06 bits per heavy atom. The summed E-state index contributed by atoms with van der Waals surface area (Å²) in [5.41, 5.74) is 0.366. The molecule has 94 valence electrons. The van der Waals surface area contributed by atoms with E-state index in [1.807, 2.05) is 18.2 Å². The van der Waals surface area contributed by atoms with E-state index in [1.54, 1.807) is 0 Å². The van der Waals surface area contributed by atoms with E-state index >= 15 is 0 Å². The van der Waals surface area contributed by atoms with Crippen LogP contribution in [-0.2, 0) is 11.3 Å². The standard InChI is InChI=1S/C12H15BrClNO2/c13-11-2-1-10(14)5-9(11)6-15-7-12(16)3-4-17-8-12/h1-2,5,15-16H,3-4,6-8H2. The lowest BCUT2D eigenvalue weighted by molar-refractivity contribution is 0.0268. The van der Waals surface area contributed by atoms with Crippen molar-refractivity contribution >= 4 is 27.5 Å². The highest BCUT2D eigenvalue weighted by molar-refractivity contribution is 9.10. The smallest absolute Gasteiger partial charge is 0.102 e. The summed E-state index contributed by atoms with van der Waals surface area (Å²) in [4.78, 5) is 0. The number of benzene rings is 1. The normalized spacial score (nSPS) is 24.2. The Labute approximate surface area is 114 Å². The van der Waals surface area contributed by atoms with Gasteiger partial charge in [-0.2, -0.15) is 0 Å². The Morgan fingerprint density at radius 2 is 2.35 bits per heavy atom. The van der Waals surface area contributed by atoms with Crippen molar-refractivity contribution in [1.82, 2.24) is 5.32 Å². The van der Waals surface area contributed by atoms with Gasteiger partial charge < -0.3 is 15.2 Å². The summed E-state index contributed by atoms with van der Waals surface area (Å²) in [6, 6.07) is 5.67. The van der Waals surface area contributed by atoms with Crippen molar-refractivity contribution < 1.29 is 9.84 Å². The van der Waals surface area contributed by atoms with Crippen molar-refractivity contribution in [3.63, 3.8) is 0 Å². The third kappa shape index (κ3) is 3.66. The van der Waals surface area contributed by atoms with E-state index in [4.69, 9.17) is 16.3 Å². The van der Waals surface area contributed by atoms with Crippen molar-refractivity contribution in [1.29, 1.82) is 0 Å². The van der Waals surface area contributed by atoms with Gasteiger partial charge in [0.1, 0.15) is 5.60 Å². The molecule has 1 saturated heterocycles. The Bertz CT molecular complexity index is 394. The topological polar surface area (TPSA) is 41.5 Å². The molecule has 0 bridgehead atoms. The van der Waals surface area contributed by atoms with Crippen molar-refractivity contribution in [2.75, 3.05) is 19.8 Å². The second-order valence-corrected chi connectivity index (χ2v) is 5.66. The molecule has 2 N–H and O–H groups in total. The molecule has 3 nitrogen and oxygen atoms in total. The van der Waals surface area contributed by atoms with Crippen LogP contribution in [0, 0.1) is 0 Å². The van der Waals surface area contributed by atoms with Gasteiger partial charge in [0.05, 0.1) is 6.61 Å². The van der Waals surface area contributed by atoms with E-state index in [0.29, 0.717) is 37.7 Å². The predicted molar refractivity (Wildman–Crippen MR) is 71.2 cm³/mol. The highest BCUT2D eigenvalue weighted by Gasteiger charge is 2.31. The quantitative estimate of drug-likeness (QED) is 0.895. The Morgan fingerprint density at radius 1 is 1.53 bits per heavy atom. The minimum atomic E-state index is -0.717. The van der Waals surface area contributed by atoms with Crippen LogP contribution in [0.4, 0.5) is 0 Å². The fourth-order valence-electron chi connectivity index (χ4n) is 1.84. The van der Waals surface area contributed by atoms with Crippen molar-refractivity contribution in [2.45, 2.75) is 18.6 Å². The fourth-order valence-corrected chi connectivity index (χ4v) is 2.43. The molecule has 1 fully saturated rings. The molecule has 0 radical (unpaired) electrons. The summed E-state index contributed by atoms with van der Waals surface area (Å²) >= 11 is 9.40. The first kappa shape index (κ1) is 13.3. The number of halogens is 2. The highest BCUT2D eigenvalue weighted by atomic mass is 79.9. The Kier molecular flexibility index (Phi) is 4.44. The molecular formula is C12H15BrClNO2. The van der Waals surface area contributed by atoms with E-state index in [1.165, 1.54) is 0 Å². The van der Waals surface area contributed by atoms with Crippen LogP contribution in [0.2, 0.25) is 5.02 Å². The maximum Gasteiger partial charge on any atom is 0.102 e. The lowest BCUT2D eigenvalue weighted by Gasteiger charge is -2.21. The second-order valence-electron chi connectivity index (χ2n) is 4.37. The van der Waals surface area contributed by atoms with E-state index in [9.17, 15) is 5.11 Å². The Balaban J connectivity index is 1.87. The molecule has 0 saturated carbocycles. The zero-order valence-electron chi connectivity index (χ0n) is 9.38. The molecule has 1 aromatic rings. The Hall–Kier alpha value is -0.130. The van der Waals surface area contributed by atoms with Crippen LogP contribution >= 0.6 is 27.5 Å². The molecule has 0 aromatic heterocycles. The van der Waals surface area contributed by atoms with Gasteiger partial charge in [-0.15, -0.1) is 0 Å². The highest BCUT2D eigenvalue weighted by Crippen LogP contribution is 2.22. The third-order valence-electron chi connectivity index (χ3n) is 2.86. The van der Waals surface area contributed by atoms with Gasteiger partial charge in [0.15, 0.2) is 0 Å². The van der Waals surface area contributed by atoms with Gasteiger partial charge in [-0.3, -0.25) is 0 Å². The zero-order valence-corrected chi connectivity index (χ0v) is 11.7. The zero-order chi connectivity index (χ0) is 12.3. The van der Waals surface area contributed by atoms with Crippen molar-refractivity contribution in [2.24, 2.45) is 0 Å². The largest absolute Gasteiger partial charge is 0.386 e. The molecule has 1 unspecified atom stereocenters. The second kappa shape index (κ2) is 5.67. The summed E-state index contributed by atoms with van der Waals surface area (Å²) in [6.45, 7) is 2.26. The van der Waals surface area contributed by atoms with Crippen LogP contribution in [-0.4, -0.2) is 30.5 Å². The van der Waals surface area contributed by atoms with E-state index in [0.717, 1.165) is 10.0 Å². The molecule has 1 aliphatic heterocycles. The van der Waals surface area contributed by atoms with Crippen molar-refractivity contribution in [3.05, 3.63) is 33.3 Å².